The van der Waals surface area contributed by atoms with Crippen molar-refractivity contribution in [2.75, 3.05) is 0 Å². The third-order valence-corrected chi connectivity index (χ3v) is 4.97. The Morgan fingerprint density at radius 1 is 1.00 bits per heavy atom. The molecule has 2 heteroatoms. The van der Waals surface area contributed by atoms with Gasteiger partial charge in [-0.1, -0.05) is 30.9 Å². The Balaban J connectivity index is 1.50. The third-order valence-electron chi connectivity index (χ3n) is 4.97. The zero-order valence-corrected chi connectivity index (χ0v) is 13.3. The molecular formula is C19H28N2. The van der Waals surface area contributed by atoms with Gasteiger partial charge in [0.2, 0.25) is 0 Å². The Morgan fingerprint density at radius 2 is 1.71 bits per heavy atom. The molecule has 3 rings (SSSR count). The average molecular weight is 284 g/mol. The second kappa shape index (κ2) is 7.22. The number of pyridine rings is 1. The standard InChI is InChI=1S/C19H28N2/c1-15-6-5-9-19(20-15)14-16-10-12-18(13-11-16)21-17-7-3-2-4-8-17/h5-6,9,14,17-18,21H,2-4,7-8,10-13H2,1H3. The van der Waals surface area contributed by atoms with E-state index in [1.54, 1.807) is 5.57 Å². The van der Waals surface area contributed by atoms with Crippen molar-refractivity contribution < 1.29 is 0 Å². The van der Waals surface area contributed by atoms with Gasteiger partial charge in [0.25, 0.3) is 0 Å². The van der Waals surface area contributed by atoms with Crippen LogP contribution in [0.4, 0.5) is 0 Å². The Labute approximate surface area is 129 Å². The molecule has 0 bridgehead atoms. The number of allylic oxidation sites excluding steroid dienone is 1. The predicted octanol–water partition coefficient (Wildman–Crippen LogP) is 4.64. The Morgan fingerprint density at radius 3 is 2.43 bits per heavy atom. The molecule has 2 saturated carbocycles. The summed E-state index contributed by atoms with van der Waals surface area (Å²) in [5, 5.41) is 3.91. The summed E-state index contributed by atoms with van der Waals surface area (Å²) in [6.07, 6.45) is 14.5. The molecule has 1 aromatic heterocycles. The normalized spacial score (nSPS) is 24.0. The van der Waals surface area contributed by atoms with Crippen LogP contribution in [0.15, 0.2) is 23.8 Å². The van der Waals surface area contributed by atoms with Crippen molar-refractivity contribution in [3.63, 3.8) is 0 Å². The minimum atomic E-state index is 0.746. The summed E-state index contributed by atoms with van der Waals surface area (Å²) in [6.45, 7) is 2.06. The first kappa shape index (κ1) is 14.8. The first-order valence-electron chi connectivity index (χ1n) is 8.69. The fraction of sp³-hybridized carbons (Fsp3) is 0.632. The molecule has 1 aromatic rings. The summed E-state index contributed by atoms with van der Waals surface area (Å²) in [4.78, 5) is 4.59. The Kier molecular flexibility index (Phi) is 5.08. The highest BCUT2D eigenvalue weighted by molar-refractivity contribution is 5.49. The molecular weight excluding hydrogens is 256 g/mol. The smallest absolute Gasteiger partial charge is 0.0632 e. The minimum absolute atomic E-state index is 0.746. The van der Waals surface area contributed by atoms with Crippen LogP contribution >= 0.6 is 0 Å². The molecule has 0 spiro atoms. The first-order valence-corrected chi connectivity index (χ1v) is 8.69. The highest BCUT2D eigenvalue weighted by atomic mass is 14.9. The minimum Gasteiger partial charge on any atom is -0.311 e. The van der Waals surface area contributed by atoms with Crippen molar-refractivity contribution in [2.45, 2.75) is 76.8 Å². The van der Waals surface area contributed by atoms with E-state index >= 15 is 0 Å². The van der Waals surface area contributed by atoms with Crippen LogP contribution in [-0.4, -0.2) is 17.1 Å². The van der Waals surface area contributed by atoms with Gasteiger partial charge in [0.05, 0.1) is 5.69 Å². The molecule has 21 heavy (non-hydrogen) atoms. The molecule has 114 valence electrons. The van der Waals surface area contributed by atoms with Gasteiger partial charge in [0.15, 0.2) is 0 Å². The van der Waals surface area contributed by atoms with Crippen LogP contribution in [0.3, 0.4) is 0 Å². The topological polar surface area (TPSA) is 24.9 Å². The maximum atomic E-state index is 4.59. The molecule has 2 aliphatic carbocycles. The lowest BCUT2D eigenvalue weighted by Gasteiger charge is -2.31. The van der Waals surface area contributed by atoms with Crippen LogP contribution < -0.4 is 5.32 Å². The van der Waals surface area contributed by atoms with Crippen LogP contribution in [0.25, 0.3) is 6.08 Å². The van der Waals surface area contributed by atoms with Crippen molar-refractivity contribution in [2.24, 2.45) is 0 Å². The molecule has 1 N–H and O–H groups in total. The van der Waals surface area contributed by atoms with Crippen LogP contribution in [0.5, 0.6) is 0 Å². The molecule has 0 atom stereocenters. The molecule has 1 heterocycles. The lowest BCUT2D eigenvalue weighted by Crippen LogP contribution is -2.40. The Bertz CT molecular complexity index is 476. The van der Waals surface area contributed by atoms with Crippen LogP contribution in [0.1, 0.15) is 69.2 Å². The summed E-state index contributed by atoms with van der Waals surface area (Å²) in [5.41, 5.74) is 3.82. The quantitative estimate of drug-likeness (QED) is 0.874. The summed E-state index contributed by atoms with van der Waals surface area (Å²) in [7, 11) is 0. The van der Waals surface area contributed by atoms with E-state index in [0.29, 0.717) is 0 Å². The Hall–Kier alpha value is -1.15. The zero-order chi connectivity index (χ0) is 14.5. The maximum absolute atomic E-state index is 4.59. The summed E-state index contributed by atoms with van der Waals surface area (Å²) < 4.78 is 0. The van der Waals surface area contributed by atoms with Crippen LogP contribution in [0.2, 0.25) is 0 Å². The van der Waals surface area contributed by atoms with E-state index in [2.05, 4.69) is 41.5 Å². The van der Waals surface area contributed by atoms with Gasteiger partial charge in [-0.25, -0.2) is 0 Å². The lowest BCUT2D eigenvalue weighted by molar-refractivity contribution is 0.308. The largest absolute Gasteiger partial charge is 0.311 e. The highest BCUT2D eigenvalue weighted by Crippen LogP contribution is 2.27. The summed E-state index contributed by atoms with van der Waals surface area (Å²) >= 11 is 0. The van der Waals surface area contributed by atoms with Gasteiger partial charge in [0, 0.05) is 17.8 Å². The van der Waals surface area contributed by atoms with E-state index < -0.39 is 0 Å². The molecule has 2 fully saturated rings. The van der Waals surface area contributed by atoms with Crippen molar-refractivity contribution in [1.29, 1.82) is 0 Å². The zero-order valence-electron chi connectivity index (χ0n) is 13.3. The van der Waals surface area contributed by atoms with Gasteiger partial charge in [-0.05, 0) is 63.7 Å². The highest BCUT2D eigenvalue weighted by Gasteiger charge is 2.21. The number of hydrogen-bond donors (Lipinski definition) is 1. The van der Waals surface area contributed by atoms with Crippen LogP contribution in [-0.2, 0) is 0 Å². The molecule has 0 amide bonds. The van der Waals surface area contributed by atoms with Gasteiger partial charge in [-0.2, -0.15) is 0 Å². The predicted molar refractivity (Wildman–Crippen MR) is 89.2 cm³/mol. The number of rotatable bonds is 3. The van der Waals surface area contributed by atoms with Crippen molar-refractivity contribution in [1.82, 2.24) is 10.3 Å². The van der Waals surface area contributed by atoms with Crippen molar-refractivity contribution >= 4 is 6.08 Å². The number of nitrogens with zero attached hydrogens (tertiary/aromatic N) is 1. The van der Waals surface area contributed by atoms with E-state index in [1.807, 2.05) is 0 Å². The summed E-state index contributed by atoms with van der Waals surface area (Å²) in [6, 6.07) is 7.83. The van der Waals surface area contributed by atoms with E-state index in [0.717, 1.165) is 23.5 Å². The third kappa shape index (κ3) is 4.41. The fourth-order valence-corrected chi connectivity index (χ4v) is 3.76. The lowest BCUT2D eigenvalue weighted by atomic mass is 9.88. The van der Waals surface area contributed by atoms with E-state index in [-0.39, 0.29) is 0 Å². The van der Waals surface area contributed by atoms with Crippen LogP contribution in [0, 0.1) is 6.92 Å². The van der Waals surface area contributed by atoms with E-state index in [4.69, 9.17) is 0 Å². The molecule has 0 radical (unpaired) electrons. The molecule has 0 aliphatic heterocycles. The van der Waals surface area contributed by atoms with Crippen molar-refractivity contribution in [3.05, 3.63) is 35.2 Å². The number of aromatic nitrogens is 1. The second-order valence-corrected chi connectivity index (χ2v) is 6.78. The first-order chi connectivity index (χ1) is 10.3. The van der Waals surface area contributed by atoms with Crippen molar-refractivity contribution in [3.8, 4) is 0 Å². The maximum Gasteiger partial charge on any atom is 0.0632 e. The van der Waals surface area contributed by atoms with Gasteiger partial charge >= 0.3 is 0 Å². The monoisotopic (exact) mass is 284 g/mol. The van der Waals surface area contributed by atoms with Gasteiger partial charge in [-0.15, -0.1) is 0 Å². The molecule has 0 saturated heterocycles. The number of hydrogen-bond acceptors (Lipinski definition) is 2. The van der Waals surface area contributed by atoms with E-state index in [1.165, 1.54) is 57.8 Å². The summed E-state index contributed by atoms with van der Waals surface area (Å²) in [5.74, 6) is 0. The fourth-order valence-electron chi connectivity index (χ4n) is 3.76. The average Bonchev–Trinajstić information content (AvgIpc) is 2.50. The molecule has 0 aromatic carbocycles. The van der Waals surface area contributed by atoms with Gasteiger partial charge < -0.3 is 5.32 Å². The number of aryl methyl sites for hydroxylation is 1. The second-order valence-electron chi connectivity index (χ2n) is 6.78. The van der Waals surface area contributed by atoms with E-state index in [9.17, 15) is 0 Å². The van der Waals surface area contributed by atoms with Gasteiger partial charge in [-0.3, -0.25) is 4.98 Å². The molecule has 2 aliphatic rings. The van der Waals surface area contributed by atoms with Gasteiger partial charge in [0.1, 0.15) is 0 Å². The molecule has 0 unspecified atom stereocenters. The molecule has 2 nitrogen and oxygen atoms in total. The number of nitrogens with one attached hydrogen (secondary N) is 1. The SMILES string of the molecule is Cc1cccc(C=C2CCC(NC3CCCCC3)CC2)n1.